The summed E-state index contributed by atoms with van der Waals surface area (Å²) in [5, 5.41) is 3.58. The molecule has 1 aliphatic heterocycles. The van der Waals surface area contributed by atoms with Crippen molar-refractivity contribution >= 4 is 34.2 Å². The summed E-state index contributed by atoms with van der Waals surface area (Å²) in [6.07, 6.45) is 0.327. The van der Waals surface area contributed by atoms with Crippen LogP contribution in [-0.2, 0) is 4.79 Å². The Bertz CT molecular complexity index is 1050. The number of piperazine rings is 1. The van der Waals surface area contributed by atoms with E-state index in [1.54, 1.807) is 25.0 Å². The number of anilines is 2. The molecule has 1 saturated heterocycles. The van der Waals surface area contributed by atoms with Gasteiger partial charge in [0.2, 0.25) is 11.7 Å². The minimum atomic E-state index is -0.202. The first kappa shape index (κ1) is 19.8. The standard InChI is InChI=1S/C23H25N3O4/c1-3-20(27)24-21-18-6-4-5-7-19(18)30-22(21)23(28)26-14-12-25(13-15-26)16-8-10-17(29-2)11-9-16/h4-11H,3,12-15H2,1-2H3,(H,24,27). The fraction of sp³-hybridized carbons (Fsp3) is 0.304. The van der Waals surface area contributed by atoms with E-state index in [9.17, 15) is 9.59 Å². The molecule has 1 N–H and O–H groups in total. The van der Waals surface area contributed by atoms with Gasteiger partial charge >= 0.3 is 0 Å². The largest absolute Gasteiger partial charge is 0.497 e. The second kappa shape index (κ2) is 8.49. The maximum atomic E-state index is 13.2. The summed E-state index contributed by atoms with van der Waals surface area (Å²) in [4.78, 5) is 29.3. The zero-order chi connectivity index (χ0) is 21.1. The van der Waals surface area contributed by atoms with Crippen LogP contribution in [0.1, 0.15) is 23.9 Å². The summed E-state index contributed by atoms with van der Waals surface area (Å²) >= 11 is 0. The monoisotopic (exact) mass is 407 g/mol. The Hall–Kier alpha value is -3.48. The Labute approximate surface area is 175 Å². The SMILES string of the molecule is CCC(=O)Nc1c(C(=O)N2CCN(c3ccc(OC)cc3)CC2)oc2ccccc12. The molecule has 0 aliphatic carbocycles. The van der Waals surface area contributed by atoms with Crippen molar-refractivity contribution in [3.8, 4) is 5.75 Å². The lowest BCUT2D eigenvalue weighted by molar-refractivity contribution is -0.115. The van der Waals surface area contributed by atoms with Crippen LogP contribution in [0, 0.1) is 0 Å². The molecule has 2 aromatic carbocycles. The van der Waals surface area contributed by atoms with E-state index in [4.69, 9.17) is 9.15 Å². The summed E-state index contributed by atoms with van der Waals surface area (Å²) in [6.45, 7) is 4.35. The van der Waals surface area contributed by atoms with Crippen LogP contribution in [0.3, 0.4) is 0 Å². The van der Waals surface area contributed by atoms with E-state index in [1.165, 1.54) is 0 Å². The third-order valence-electron chi connectivity index (χ3n) is 5.38. The highest BCUT2D eigenvalue weighted by molar-refractivity contribution is 6.10. The average molecular weight is 407 g/mol. The molecule has 0 bridgehead atoms. The van der Waals surface area contributed by atoms with E-state index >= 15 is 0 Å². The number of para-hydroxylation sites is 1. The van der Waals surface area contributed by atoms with Gasteiger partial charge in [0.05, 0.1) is 7.11 Å². The maximum Gasteiger partial charge on any atom is 0.291 e. The van der Waals surface area contributed by atoms with E-state index in [0.717, 1.165) is 29.9 Å². The molecule has 3 aromatic rings. The molecule has 0 saturated carbocycles. The Kier molecular flexibility index (Phi) is 5.61. The third kappa shape index (κ3) is 3.83. The number of methoxy groups -OCH3 is 1. The van der Waals surface area contributed by atoms with Gasteiger partial charge in [-0.1, -0.05) is 19.1 Å². The number of nitrogens with zero attached hydrogens (tertiary/aromatic N) is 2. The van der Waals surface area contributed by atoms with E-state index in [0.29, 0.717) is 30.8 Å². The minimum absolute atomic E-state index is 0.153. The molecule has 0 unspecified atom stereocenters. The number of carbonyl (C=O) groups excluding carboxylic acids is 2. The van der Waals surface area contributed by atoms with Gasteiger partial charge in [-0.3, -0.25) is 9.59 Å². The fourth-order valence-electron chi connectivity index (χ4n) is 3.65. The highest BCUT2D eigenvalue weighted by Crippen LogP contribution is 2.32. The number of rotatable bonds is 5. The molecule has 4 rings (SSSR count). The Morgan fingerprint density at radius 2 is 1.73 bits per heavy atom. The van der Waals surface area contributed by atoms with Crippen LogP contribution in [-0.4, -0.2) is 50.0 Å². The number of amides is 2. The Morgan fingerprint density at radius 3 is 2.40 bits per heavy atom. The van der Waals surface area contributed by atoms with Crippen molar-refractivity contribution in [2.24, 2.45) is 0 Å². The predicted molar refractivity (Wildman–Crippen MR) is 116 cm³/mol. The molecule has 0 atom stereocenters. The van der Waals surface area contributed by atoms with Crippen LogP contribution in [0.25, 0.3) is 11.0 Å². The highest BCUT2D eigenvalue weighted by atomic mass is 16.5. The van der Waals surface area contributed by atoms with Crippen LogP contribution in [0.15, 0.2) is 52.9 Å². The summed E-state index contributed by atoms with van der Waals surface area (Å²) in [7, 11) is 1.65. The van der Waals surface area contributed by atoms with Gasteiger partial charge in [-0.2, -0.15) is 0 Å². The number of furan rings is 1. The second-order valence-electron chi connectivity index (χ2n) is 7.18. The first-order valence-corrected chi connectivity index (χ1v) is 10.1. The van der Waals surface area contributed by atoms with E-state index < -0.39 is 0 Å². The van der Waals surface area contributed by atoms with Crippen molar-refractivity contribution in [1.29, 1.82) is 0 Å². The highest BCUT2D eigenvalue weighted by Gasteiger charge is 2.28. The van der Waals surface area contributed by atoms with Gasteiger partial charge in [0.25, 0.3) is 5.91 Å². The number of nitrogens with one attached hydrogen (secondary N) is 1. The summed E-state index contributed by atoms with van der Waals surface area (Å²) in [5.41, 5.74) is 2.15. The smallest absolute Gasteiger partial charge is 0.291 e. The Morgan fingerprint density at radius 1 is 1.03 bits per heavy atom. The summed E-state index contributed by atoms with van der Waals surface area (Å²) < 4.78 is 11.1. The number of ether oxygens (including phenoxy) is 1. The fourth-order valence-corrected chi connectivity index (χ4v) is 3.65. The van der Waals surface area contributed by atoms with Crippen LogP contribution in [0.5, 0.6) is 5.75 Å². The van der Waals surface area contributed by atoms with Gasteiger partial charge in [-0.05, 0) is 36.4 Å². The molecule has 1 aliphatic rings. The Balaban J connectivity index is 1.52. The van der Waals surface area contributed by atoms with Crippen molar-refractivity contribution < 1.29 is 18.7 Å². The molecule has 7 heteroatoms. The first-order chi connectivity index (χ1) is 14.6. The van der Waals surface area contributed by atoms with Crippen LogP contribution < -0.4 is 15.0 Å². The molecule has 30 heavy (non-hydrogen) atoms. The normalized spacial score (nSPS) is 14.1. The second-order valence-corrected chi connectivity index (χ2v) is 7.18. The molecule has 2 heterocycles. The molecule has 2 amide bonds. The van der Waals surface area contributed by atoms with Crippen LogP contribution in [0.2, 0.25) is 0 Å². The molecule has 1 aromatic heterocycles. The zero-order valence-corrected chi connectivity index (χ0v) is 17.2. The number of fused-ring (bicyclic) bond motifs is 1. The van der Waals surface area contributed by atoms with E-state index in [1.807, 2.05) is 42.5 Å². The number of hydrogen-bond donors (Lipinski definition) is 1. The van der Waals surface area contributed by atoms with Crippen molar-refractivity contribution in [3.63, 3.8) is 0 Å². The van der Waals surface area contributed by atoms with E-state index in [2.05, 4.69) is 10.2 Å². The number of hydrogen-bond acceptors (Lipinski definition) is 5. The van der Waals surface area contributed by atoms with Crippen molar-refractivity contribution in [2.75, 3.05) is 43.5 Å². The number of benzene rings is 2. The molecule has 1 fully saturated rings. The number of carbonyl (C=O) groups is 2. The van der Waals surface area contributed by atoms with Crippen molar-refractivity contribution in [2.45, 2.75) is 13.3 Å². The van der Waals surface area contributed by atoms with E-state index in [-0.39, 0.29) is 17.6 Å². The first-order valence-electron chi connectivity index (χ1n) is 10.1. The molecule has 0 radical (unpaired) electrons. The average Bonchev–Trinajstić information content (AvgIpc) is 3.17. The van der Waals surface area contributed by atoms with Gasteiger partial charge < -0.3 is 24.3 Å². The molecule has 7 nitrogen and oxygen atoms in total. The lowest BCUT2D eigenvalue weighted by atomic mass is 10.2. The quantitative estimate of drug-likeness (QED) is 0.697. The topological polar surface area (TPSA) is 75.0 Å². The molecule has 0 spiro atoms. The lowest BCUT2D eigenvalue weighted by Crippen LogP contribution is -2.48. The molecule has 156 valence electrons. The molecular formula is C23H25N3O4. The van der Waals surface area contributed by atoms with Crippen molar-refractivity contribution in [1.82, 2.24) is 4.90 Å². The van der Waals surface area contributed by atoms with Gasteiger partial charge in [-0.15, -0.1) is 0 Å². The molecular weight excluding hydrogens is 382 g/mol. The van der Waals surface area contributed by atoms with Crippen LogP contribution >= 0.6 is 0 Å². The van der Waals surface area contributed by atoms with Crippen molar-refractivity contribution in [3.05, 3.63) is 54.3 Å². The third-order valence-corrected chi connectivity index (χ3v) is 5.38. The predicted octanol–water partition coefficient (Wildman–Crippen LogP) is 3.75. The van der Waals surface area contributed by atoms with Gasteiger partial charge in [0, 0.05) is 43.7 Å². The van der Waals surface area contributed by atoms with Crippen LogP contribution in [0.4, 0.5) is 11.4 Å². The summed E-state index contributed by atoms with van der Waals surface area (Å²) in [5.74, 6) is 0.655. The van der Waals surface area contributed by atoms with Gasteiger partial charge in [0.1, 0.15) is 17.0 Å². The summed E-state index contributed by atoms with van der Waals surface area (Å²) in [6, 6.07) is 15.3. The lowest BCUT2D eigenvalue weighted by Gasteiger charge is -2.35. The van der Waals surface area contributed by atoms with Gasteiger partial charge in [0.15, 0.2) is 0 Å². The zero-order valence-electron chi connectivity index (χ0n) is 17.2. The van der Waals surface area contributed by atoms with Gasteiger partial charge in [-0.25, -0.2) is 0 Å². The maximum absolute atomic E-state index is 13.2. The minimum Gasteiger partial charge on any atom is -0.497 e.